The molecule has 2 saturated heterocycles. The second kappa shape index (κ2) is 9.39. The zero-order valence-corrected chi connectivity index (χ0v) is 19.0. The van der Waals surface area contributed by atoms with E-state index in [1.54, 1.807) is 0 Å². The van der Waals surface area contributed by atoms with Crippen molar-refractivity contribution in [1.82, 2.24) is 20.4 Å². The number of nitrogens with one attached hydrogen (secondary N) is 1. The van der Waals surface area contributed by atoms with Crippen molar-refractivity contribution in [3.8, 4) is 0 Å². The molecule has 2 aromatic heterocycles. The minimum atomic E-state index is -0.0388. The number of piperazine rings is 1. The molecule has 2 atom stereocenters. The maximum Gasteiger partial charge on any atom is 0.222 e. The summed E-state index contributed by atoms with van der Waals surface area (Å²) in [5.41, 5.74) is 0.961. The standard InChI is InChI=1S/C24H35N5O2/c1-24(2,3)21-16-20(27-31-21)14-19-17-25-9-7-18(19)15-23(30)29-12-10-28(11-13-29)22-6-4-5-8-26-22/h4-6,8,16,18-19,25H,7,9-15,17H2,1-3H3. The van der Waals surface area contributed by atoms with Gasteiger partial charge in [-0.05, 0) is 49.9 Å². The van der Waals surface area contributed by atoms with Gasteiger partial charge in [-0.1, -0.05) is 32.0 Å². The second-order valence-corrected chi connectivity index (χ2v) is 9.91. The molecule has 0 spiro atoms. The summed E-state index contributed by atoms with van der Waals surface area (Å²) in [6.07, 6.45) is 4.34. The van der Waals surface area contributed by atoms with E-state index in [9.17, 15) is 4.79 Å². The highest BCUT2D eigenvalue weighted by atomic mass is 16.5. The molecule has 0 radical (unpaired) electrons. The Morgan fingerprint density at radius 2 is 2.00 bits per heavy atom. The van der Waals surface area contributed by atoms with Crippen LogP contribution in [0.5, 0.6) is 0 Å². The summed E-state index contributed by atoms with van der Waals surface area (Å²) >= 11 is 0. The molecule has 0 aromatic carbocycles. The highest BCUT2D eigenvalue weighted by Gasteiger charge is 2.31. The summed E-state index contributed by atoms with van der Waals surface area (Å²) in [6, 6.07) is 8.06. The summed E-state index contributed by atoms with van der Waals surface area (Å²) in [7, 11) is 0. The Hall–Kier alpha value is -2.41. The zero-order chi connectivity index (χ0) is 21.8. The number of rotatable bonds is 5. The van der Waals surface area contributed by atoms with Crippen LogP contribution in [0.15, 0.2) is 35.0 Å². The molecule has 7 heteroatoms. The van der Waals surface area contributed by atoms with Gasteiger partial charge in [0.05, 0.1) is 5.69 Å². The first-order valence-electron chi connectivity index (χ1n) is 11.5. The van der Waals surface area contributed by atoms with Crippen molar-refractivity contribution in [3.63, 3.8) is 0 Å². The number of piperidine rings is 1. The van der Waals surface area contributed by atoms with E-state index in [4.69, 9.17) is 4.52 Å². The normalized spacial score (nSPS) is 22.5. The Bertz CT molecular complexity index is 852. The molecule has 2 aliphatic heterocycles. The number of carbonyl (C=O) groups is 1. The minimum Gasteiger partial charge on any atom is -0.361 e. The van der Waals surface area contributed by atoms with Crippen LogP contribution >= 0.6 is 0 Å². The summed E-state index contributed by atoms with van der Waals surface area (Å²) in [5, 5.41) is 7.81. The molecule has 1 amide bonds. The molecule has 4 heterocycles. The lowest BCUT2D eigenvalue weighted by Crippen LogP contribution is -2.50. The number of anilines is 1. The molecule has 4 rings (SSSR count). The lowest BCUT2D eigenvalue weighted by Gasteiger charge is -2.37. The van der Waals surface area contributed by atoms with Gasteiger partial charge in [0.15, 0.2) is 0 Å². The van der Waals surface area contributed by atoms with Gasteiger partial charge in [-0.2, -0.15) is 0 Å². The van der Waals surface area contributed by atoms with Crippen LogP contribution in [0.25, 0.3) is 0 Å². The van der Waals surface area contributed by atoms with Gasteiger partial charge in [0.25, 0.3) is 0 Å². The number of hydrogen-bond acceptors (Lipinski definition) is 6. The van der Waals surface area contributed by atoms with Crippen LogP contribution in [0, 0.1) is 11.8 Å². The van der Waals surface area contributed by atoms with Crippen LogP contribution in [-0.2, 0) is 16.6 Å². The van der Waals surface area contributed by atoms with Crippen molar-refractivity contribution < 1.29 is 9.32 Å². The van der Waals surface area contributed by atoms with E-state index in [2.05, 4.69) is 47.2 Å². The molecular formula is C24H35N5O2. The molecule has 0 aliphatic carbocycles. The van der Waals surface area contributed by atoms with Crippen molar-refractivity contribution in [2.24, 2.45) is 11.8 Å². The van der Waals surface area contributed by atoms with Crippen LogP contribution in [0.4, 0.5) is 5.82 Å². The smallest absolute Gasteiger partial charge is 0.222 e. The molecule has 168 valence electrons. The predicted octanol–water partition coefficient (Wildman–Crippen LogP) is 2.87. The molecule has 1 N–H and O–H groups in total. The largest absolute Gasteiger partial charge is 0.361 e. The van der Waals surface area contributed by atoms with Crippen molar-refractivity contribution in [2.75, 3.05) is 44.2 Å². The fraction of sp³-hybridized carbons (Fsp3) is 0.625. The van der Waals surface area contributed by atoms with Gasteiger partial charge >= 0.3 is 0 Å². The highest BCUT2D eigenvalue weighted by molar-refractivity contribution is 5.76. The zero-order valence-electron chi connectivity index (χ0n) is 19.0. The molecule has 2 aliphatic rings. The molecule has 31 heavy (non-hydrogen) atoms. The van der Waals surface area contributed by atoms with Crippen LogP contribution in [0.2, 0.25) is 0 Å². The van der Waals surface area contributed by atoms with E-state index in [0.29, 0.717) is 18.3 Å². The average Bonchev–Trinajstić information content (AvgIpc) is 3.25. The molecule has 0 saturated carbocycles. The first-order chi connectivity index (χ1) is 14.9. The fourth-order valence-corrected chi connectivity index (χ4v) is 4.59. The maximum absolute atomic E-state index is 13.1. The Kier molecular flexibility index (Phi) is 6.60. The van der Waals surface area contributed by atoms with E-state index in [1.807, 2.05) is 29.3 Å². The van der Waals surface area contributed by atoms with E-state index in [-0.39, 0.29) is 11.3 Å². The van der Waals surface area contributed by atoms with Gasteiger partial charge < -0.3 is 19.6 Å². The first-order valence-corrected chi connectivity index (χ1v) is 11.5. The number of hydrogen-bond donors (Lipinski definition) is 1. The number of carbonyl (C=O) groups excluding carboxylic acids is 1. The SMILES string of the molecule is CC(C)(C)c1cc(CC2CNCCC2CC(=O)N2CCN(c3ccccn3)CC2)no1. The molecule has 7 nitrogen and oxygen atoms in total. The van der Waals surface area contributed by atoms with Gasteiger partial charge in [0, 0.05) is 50.3 Å². The third-order valence-electron chi connectivity index (χ3n) is 6.58. The summed E-state index contributed by atoms with van der Waals surface area (Å²) in [5.74, 6) is 3.00. The van der Waals surface area contributed by atoms with Gasteiger partial charge in [-0.3, -0.25) is 4.79 Å². The third kappa shape index (κ3) is 5.45. The second-order valence-electron chi connectivity index (χ2n) is 9.91. The van der Waals surface area contributed by atoms with Crippen molar-refractivity contribution in [1.29, 1.82) is 0 Å². The van der Waals surface area contributed by atoms with Crippen molar-refractivity contribution in [2.45, 2.75) is 45.4 Å². The monoisotopic (exact) mass is 425 g/mol. The molecule has 2 unspecified atom stereocenters. The minimum absolute atomic E-state index is 0.0388. The van der Waals surface area contributed by atoms with Gasteiger partial charge in [0.1, 0.15) is 11.6 Å². The quantitative estimate of drug-likeness (QED) is 0.794. The molecular weight excluding hydrogens is 390 g/mol. The summed E-state index contributed by atoms with van der Waals surface area (Å²) < 4.78 is 5.57. The fourth-order valence-electron chi connectivity index (χ4n) is 4.59. The lowest BCUT2D eigenvalue weighted by atomic mass is 9.80. The number of amides is 1. The maximum atomic E-state index is 13.1. The molecule has 2 aromatic rings. The van der Waals surface area contributed by atoms with E-state index in [1.165, 1.54) is 0 Å². The van der Waals surface area contributed by atoms with E-state index >= 15 is 0 Å². The average molecular weight is 426 g/mol. The molecule has 2 fully saturated rings. The van der Waals surface area contributed by atoms with Crippen LogP contribution in [-0.4, -0.2) is 60.2 Å². The summed E-state index contributed by atoms with van der Waals surface area (Å²) in [6.45, 7) is 11.5. The van der Waals surface area contributed by atoms with Gasteiger partial charge in [-0.25, -0.2) is 4.98 Å². The highest BCUT2D eigenvalue weighted by Crippen LogP contribution is 2.29. The third-order valence-corrected chi connectivity index (χ3v) is 6.58. The number of aromatic nitrogens is 2. The molecule has 0 bridgehead atoms. The Morgan fingerprint density at radius 1 is 1.19 bits per heavy atom. The van der Waals surface area contributed by atoms with E-state index < -0.39 is 0 Å². The lowest BCUT2D eigenvalue weighted by molar-refractivity contribution is -0.133. The van der Waals surface area contributed by atoms with Crippen LogP contribution in [0.3, 0.4) is 0 Å². The first kappa shape index (κ1) is 21.8. The topological polar surface area (TPSA) is 74.5 Å². The van der Waals surface area contributed by atoms with Gasteiger partial charge in [-0.15, -0.1) is 0 Å². The van der Waals surface area contributed by atoms with Crippen molar-refractivity contribution in [3.05, 3.63) is 41.9 Å². The predicted molar refractivity (Wildman–Crippen MR) is 121 cm³/mol. The Morgan fingerprint density at radius 3 is 2.68 bits per heavy atom. The summed E-state index contributed by atoms with van der Waals surface area (Å²) in [4.78, 5) is 21.8. The van der Waals surface area contributed by atoms with Crippen LogP contribution in [0.1, 0.15) is 45.1 Å². The van der Waals surface area contributed by atoms with Crippen molar-refractivity contribution >= 4 is 11.7 Å². The number of nitrogens with zero attached hydrogens (tertiary/aromatic N) is 4. The Labute approximate surface area is 185 Å². The van der Waals surface area contributed by atoms with E-state index in [0.717, 1.165) is 69.4 Å². The number of pyridine rings is 1. The van der Waals surface area contributed by atoms with Gasteiger partial charge in [0.2, 0.25) is 5.91 Å². The van der Waals surface area contributed by atoms with Crippen LogP contribution < -0.4 is 10.2 Å². The Balaban J connectivity index is 1.32.